The average Bonchev–Trinajstić information content (AvgIpc) is 2.83. The predicted molar refractivity (Wildman–Crippen MR) is 89.0 cm³/mol. The standard InChI is InChI=1S/C15H23N7O2/c1-9-12(5-6-13(23)17-8-4-7-16)11(3)22(21-9)15-18-14(24)10(2)19-20-15/h4-8,16H2,1-3H3,(H,17,23)(H,18,20,24). The molecule has 2 aromatic rings. The maximum Gasteiger partial charge on any atom is 0.274 e. The van der Waals surface area contributed by atoms with E-state index in [1.54, 1.807) is 11.6 Å². The van der Waals surface area contributed by atoms with Crippen LogP contribution in [0.5, 0.6) is 0 Å². The SMILES string of the molecule is Cc1nn(-c2nnc(C)c(=O)[nH]2)c(C)c1CCC(=O)NCCCN. The van der Waals surface area contributed by atoms with Crippen LogP contribution >= 0.6 is 0 Å². The van der Waals surface area contributed by atoms with Crippen LogP contribution in [0.15, 0.2) is 4.79 Å². The number of nitrogens with zero attached hydrogens (tertiary/aromatic N) is 4. The summed E-state index contributed by atoms with van der Waals surface area (Å²) >= 11 is 0. The van der Waals surface area contributed by atoms with Crippen molar-refractivity contribution in [2.45, 2.75) is 40.0 Å². The van der Waals surface area contributed by atoms with Crippen LogP contribution in [-0.4, -0.2) is 44.0 Å². The van der Waals surface area contributed by atoms with Gasteiger partial charge in [-0.1, -0.05) is 0 Å². The van der Waals surface area contributed by atoms with Crippen LogP contribution in [0.25, 0.3) is 5.95 Å². The second-order valence-electron chi connectivity index (χ2n) is 5.62. The Morgan fingerprint density at radius 2 is 2.00 bits per heavy atom. The van der Waals surface area contributed by atoms with Gasteiger partial charge in [0.05, 0.1) is 5.69 Å². The third kappa shape index (κ3) is 4.05. The van der Waals surface area contributed by atoms with E-state index < -0.39 is 0 Å². The van der Waals surface area contributed by atoms with Crippen molar-refractivity contribution < 1.29 is 4.79 Å². The van der Waals surface area contributed by atoms with E-state index in [9.17, 15) is 9.59 Å². The Morgan fingerprint density at radius 1 is 1.25 bits per heavy atom. The van der Waals surface area contributed by atoms with E-state index in [1.165, 1.54) is 0 Å². The van der Waals surface area contributed by atoms with Crippen LogP contribution in [-0.2, 0) is 11.2 Å². The molecule has 0 fully saturated rings. The van der Waals surface area contributed by atoms with Crippen molar-refractivity contribution in [2.75, 3.05) is 13.1 Å². The number of nitrogens with one attached hydrogen (secondary N) is 2. The number of aryl methyl sites for hydroxylation is 2. The number of amides is 1. The Bertz CT molecular complexity index is 779. The van der Waals surface area contributed by atoms with E-state index >= 15 is 0 Å². The normalized spacial score (nSPS) is 10.8. The van der Waals surface area contributed by atoms with Gasteiger partial charge in [0.1, 0.15) is 5.69 Å². The third-order valence-electron chi connectivity index (χ3n) is 3.80. The van der Waals surface area contributed by atoms with E-state index in [1.807, 2.05) is 13.8 Å². The van der Waals surface area contributed by atoms with Crippen molar-refractivity contribution in [2.24, 2.45) is 5.73 Å². The molecule has 0 aliphatic carbocycles. The highest BCUT2D eigenvalue weighted by Crippen LogP contribution is 2.17. The number of nitrogens with two attached hydrogens (primary N) is 1. The van der Waals surface area contributed by atoms with Crippen molar-refractivity contribution in [3.8, 4) is 5.95 Å². The summed E-state index contributed by atoms with van der Waals surface area (Å²) < 4.78 is 1.55. The maximum absolute atomic E-state index is 11.8. The highest BCUT2D eigenvalue weighted by atomic mass is 16.1. The van der Waals surface area contributed by atoms with Crippen LogP contribution in [0.3, 0.4) is 0 Å². The van der Waals surface area contributed by atoms with E-state index in [0.717, 1.165) is 23.4 Å². The zero-order valence-electron chi connectivity index (χ0n) is 14.2. The maximum atomic E-state index is 11.8. The smallest absolute Gasteiger partial charge is 0.274 e. The van der Waals surface area contributed by atoms with E-state index in [2.05, 4.69) is 25.6 Å². The van der Waals surface area contributed by atoms with Crippen molar-refractivity contribution in [1.29, 1.82) is 0 Å². The molecule has 0 saturated heterocycles. The summed E-state index contributed by atoms with van der Waals surface area (Å²) in [6, 6.07) is 0. The number of H-pyrrole nitrogens is 1. The second-order valence-corrected chi connectivity index (χ2v) is 5.62. The fourth-order valence-electron chi connectivity index (χ4n) is 2.38. The molecule has 4 N–H and O–H groups in total. The van der Waals surface area contributed by atoms with Crippen LogP contribution in [0.2, 0.25) is 0 Å². The topological polar surface area (TPSA) is 132 Å². The Kier molecular flexibility index (Phi) is 5.80. The number of aromatic nitrogens is 5. The first-order chi connectivity index (χ1) is 11.4. The minimum Gasteiger partial charge on any atom is -0.356 e. The zero-order chi connectivity index (χ0) is 17.7. The Labute approximate surface area is 139 Å². The van der Waals surface area contributed by atoms with Gasteiger partial charge in [-0.05, 0) is 45.7 Å². The van der Waals surface area contributed by atoms with Gasteiger partial charge in [0.15, 0.2) is 0 Å². The number of aromatic amines is 1. The van der Waals surface area contributed by atoms with Gasteiger partial charge in [-0.3, -0.25) is 14.6 Å². The fraction of sp³-hybridized carbons (Fsp3) is 0.533. The molecule has 0 spiro atoms. The van der Waals surface area contributed by atoms with Gasteiger partial charge in [-0.2, -0.15) is 5.10 Å². The molecular weight excluding hydrogens is 310 g/mol. The molecule has 2 rings (SSSR count). The van der Waals surface area contributed by atoms with Gasteiger partial charge in [-0.15, -0.1) is 10.2 Å². The molecule has 0 aliphatic rings. The quantitative estimate of drug-likeness (QED) is 0.595. The summed E-state index contributed by atoms with van der Waals surface area (Å²) in [5.74, 6) is 0.253. The molecule has 0 unspecified atom stereocenters. The first-order valence-electron chi connectivity index (χ1n) is 7.90. The zero-order valence-corrected chi connectivity index (χ0v) is 14.2. The van der Waals surface area contributed by atoms with Crippen LogP contribution < -0.4 is 16.6 Å². The van der Waals surface area contributed by atoms with Gasteiger partial charge < -0.3 is 11.1 Å². The first-order valence-corrected chi connectivity index (χ1v) is 7.90. The molecule has 1 amide bonds. The molecule has 0 radical (unpaired) electrons. The number of carbonyl (C=O) groups excluding carboxylic acids is 1. The minimum atomic E-state index is -0.298. The van der Waals surface area contributed by atoms with Crippen LogP contribution in [0, 0.1) is 20.8 Å². The van der Waals surface area contributed by atoms with Crippen LogP contribution in [0.4, 0.5) is 0 Å². The summed E-state index contributed by atoms with van der Waals surface area (Å²) in [4.78, 5) is 26.2. The van der Waals surface area contributed by atoms with Gasteiger partial charge in [-0.25, -0.2) is 4.68 Å². The summed E-state index contributed by atoms with van der Waals surface area (Å²) in [6.45, 7) is 6.48. The lowest BCUT2D eigenvalue weighted by atomic mass is 10.1. The average molecular weight is 333 g/mol. The fourth-order valence-corrected chi connectivity index (χ4v) is 2.38. The number of rotatable bonds is 7. The summed E-state index contributed by atoms with van der Waals surface area (Å²) in [6.07, 6.45) is 1.70. The molecule has 0 atom stereocenters. The highest BCUT2D eigenvalue weighted by molar-refractivity contribution is 5.76. The molecule has 0 aliphatic heterocycles. The van der Waals surface area contributed by atoms with Gasteiger partial charge in [0, 0.05) is 18.7 Å². The molecule has 0 saturated carbocycles. The number of hydrogen-bond acceptors (Lipinski definition) is 6. The Hall–Kier alpha value is -2.55. The van der Waals surface area contributed by atoms with Crippen LogP contribution in [0.1, 0.15) is 35.5 Å². The van der Waals surface area contributed by atoms with Crippen molar-refractivity contribution >= 4 is 5.91 Å². The van der Waals surface area contributed by atoms with E-state index in [0.29, 0.717) is 31.6 Å². The van der Waals surface area contributed by atoms with Gasteiger partial charge in [0.25, 0.3) is 11.5 Å². The highest BCUT2D eigenvalue weighted by Gasteiger charge is 2.16. The molecule has 24 heavy (non-hydrogen) atoms. The molecule has 130 valence electrons. The van der Waals surface area contributed by atoms with Crippen molar-refractivity contribution in [3.05, 3.63) is 33.0 Å². The second kappa shape index (κ2) is 7.82. The molecule has 2 aromatic heterocycles. The van der Waals surface area contributed by atoms with Crippen molar-refractivity contribution in [1.82, 2.24) is 30.3 Å². The van der Waals surface area contributed by atoms with Crippen molar-refractivity contribution in [3.63, 3.8) is 0 Å². The van der Waals surface area contributed by atoms with Gasteiger partial charge in [0.2, 0.25) is 5.91 Å². The first kappa shape index (κ1) is 17.8. The largest absolute Gasteiger partial charge is 0.356 e. The summed E-state index contributed by atoms with van der Waals surface area (Å²) in [5, 5.41) is 15.0. The Balaban J connectivity index is 2.12. The predicted octanol–water partition coefficient (Wildman–Crippen LogP) is -0.327. The molecule has 0 aromatic carbocycles. The van der Waals surface area contributed by atoms with Gasteiger partial charge >= 0.3 is 0 Å². The molecule has 9 nitrogen and oxygen atoms in total. The number of carbonyl (C=O) groups is 1. The lowest BCUT2D eigenvalue weighted by Crippen LogP contribution is -2.26. The summed E-state index contributed by atoms with van der Waals surface area (Å²) in [7, 11) is 0. The lowest BCUT2D eigenvalue weighted by molar-refractivity contribution is -0.121. The summed E-state index contributed by atoms with van der Waals surface area (Å²) in [5.41, 5.74) is 7.99. The molecule has 0 bridgehead atoms. The van der Waals surface area contributed by atoms with E-state index in [4.69, 9.17) is 5.73 Å². The molecule has 9 heteroatoms. The monoisotopic (exact) mass is 333 g/mol. The number of hydrogen-bond donors (Lipinski definition) is 3. The molecule has 2 heterocycles. The Morgan fingerprint density at radius 3 is 2.67 bits per heavy atom. The van der Waals surface area contributed by atoms with E-state index in [-0.39, 0.29) is 17.4 Å². The lowest BCUT2D eigenvalue weighted by Gasteiger charge is -2.05. The minimum absolute atomic E-state index is 0.0152. The third-order valence-corrected chi connectivity index (χ3v) is 3.80. The molecular formula is C15H23N7O2.